The van der Waals surface area contributed by atoms with Gasteiger partial charge in [0.15, 0.2) is 0 Å². The first kappa shape index (κ1) is 15.3. The second-order valence-corrected chi connectivity index (χ2v) is 6.08. The van der Waals surface area contributed by atoms with Crippen LogP contribution in [0.4, 0.5) is 10.5 Å². The Hall–Kier alpha value is -1.60. The van der Waals surface area contributed by atoms with Gasteiger partial charge in [0.05, 0.1) is 31.6 Å². The van der Waals surface area contributed by atoms with Crippen molar-refractivity contribution < 1.29 is 9.53 Å². The van der Waals surface area contributed by atoms with Crippen LogP contribution in [0.3, 0.4) is 0 Å². The second kappa shape index (κ2) is 7.60. The molecular formula is C15H25N5O2. The first-order valence-electron chi connectivity index (χ1n) is 8.17. The quantitative estimate of drug-likeness (QED) is 0.827. The summed E-state index contributed by atoms with van der Waals surface area (Å²) in [4.78, 5) is 14.2. The molecule has 2 fully saturated rings. The summed E-state index contributed by atoms with van der Waals surface area (Å²) >= 11 is 0. The van der Waals surface area contributed by atoms with E-state index in [1.54, 1.807) is 6.20 Å². The van der Waals surface area contributed by atoms with Gasteiger partial charge in [-0.3, -0.25) is 9.58 Å². The molecule has 2 aliphatic rings. The number of urea groups is 1. The normalized spacial score (nSPS) is 19.6. The Kier molecular flexibility index (Phi) is 5.29. The topological polar surface area (TPSA) is 71.4 Å². The minimum absolute atomic E-state index is 0.139. The van der Waals surface area contributed by atoms with Crippen molar-refractivity contribution in [2.75, 3.05) is 44.7 Å². The summed E-state index contributed by atoms with van der Waals surface area (Å²) in [5.74, 6) is 0.669. The number of rotatable bonds is 6. The zero-order chi connectivity index (χ0) is 15.2. The minimum Gasteiger partial charge on any atom is -0.379 e. The van der Waals surface area contributed by atoms with Crippen molar-refractivity contribution >= 4 is 11.7 Å². The number of hydrogen-bond donors (Lipinski definition) is 2. The number of aromatic nitrogens is 2. The van der Waals surface area contributed by atoms with Crippen LogP contribution in [0.15, 0.2) is 12.4 Å². The zero-order valence-electron chi connectivity index (χ0n) is 13.0. The molecule has 3 rings (SSSR count). The van der Waals surface area contributed by atoms with Crippen LogP contribution in [0.25, 0.3) is 0 Å². The molecule has 1 aliphatic carbocycles. The van der Waals surface area contributed by atoms with Gasteiger partial charge >= 0.3 is 6.03 Å². The van der Waals surface area contributed by atoms with E-state index in [1.165, 1.54) is 19.3 Å². The highest BCUT2D eigenvalue weighted by molar-refractivity contribution is 5.88. The standard InChI is InChI=1S/C15H25N5O2/c21-15(16-10-13-2-1-3-13)18-14-11-17-20(12-14)5-4-19-6-8-22-9-7-19/h11-13H,1-10H2,(H2,16,18,21). The average Bonchev–Trinajstić information content (AvgIpc) is 2.92. The maximum absolute atomic E-state index is 11.8. The lowest BCUT2D eigenvalue weighted by Crippen LogP contribution is -2.38. The van der Waals surface area contributed by atoms with Gasteiger partial charge in [-0.1, -0.05) is 6.42 Å². The van der Waals surface area contributed by atoms with E-state index < -0.39 is 0 Å². The van der Waals surface area contributed by atoms with Crippen LogP contribution in [-0.4, -0.2) is 60.1 Å². The van der Waals surface area contributed by atoms with Crippen LogP contribution in [0.2, 0.25) is 0 Å². The highest BCUT2D eigenvalue weighted by atomic mass is 16.5. The van der Waals surface area contributed by atoms with E-state index in [9.17, 15) is 4.79 Å². The number of ether oxygens (including phenoxy) is 1. The van der Waals surface area contributed by atoms with Crippen molar-refractivity contribution in [3.63, 3.8) is 0 Å². The van der Waals surface area contributed by atoms with Crippen LogP contribution < -0.4 is 10.6 Å². The molecule has 0 spiro atoms. The van der Waals surface area contributed by atoms with Gasteiger partial charge in [0, 0.05) is 32.4 Å². The highest BCUT2D eigenvalue weighted by Crippen LogP contribution is 2.25. The van der Waals surface area contributed by atoms with Crippen molar-refractivity contribution in [3.8, 4) is 0 Å². The lowest BCUT2D eigenvalue weighted by atomic mass is 9.85. The van der Waals surface area contributed by atoms with E-state index in [0.717, 1.165) is 51.6 Å². The number of hydrogen-bond acceptors (Lipinski definition) is 4. The molecule has 122 valence electrons. The zero-order valence-corrected chi connectivity index (χ0v) is 13.0. The van der Waals surface area contributed by atoms with E-state index in [0.29, 0.717) is 5.92 Å². The molecule has 1 saturated heterocycles. The molecule has 0 bridgehead atoms. The third-order valence-electron chi connectivity index (χ3n) is 4.42. The van der Waals surface area contributed by atoms with Gasteiger partial charge in [-0.15, -0.1) is 0 Å². The van der Waals surface area contributed by atoms with E-state index in [1.807, 2.05) is 10.9 Å². The molecule has 1 aromatic heterocycles. The molecule has 0 unspecified atom stereocenters. The Morgan fingerprint density at radius 3 is 2.86 bits per heavy atom. The lowest BCUT2D eigenvalue weighted by molar-refractivity contribution is 0.0360. The second-order valence-electron chi connectivity index (χ2n) is 6.08. The number of nitrogens with zero attached hydrogens (tertiary/aromatic N) is 3. The van der Waals surface area contributed by atoms with Gasteiger partial charge in [0.1, 0.15) is 0 Å². The molecular weight excluding hydrogens is 282 g/mol. The smallest absolute Gasteiger partial charge is 0.319 e. The van der Waals surface area contributed by atoms with Gasteiger partial charge in [0.2, 0.25) is 0 Å². The summed E-state index contributed by atoms with van der Waals surface area (Å²) in [6.45, 7) is 6.15. The Bertz CT molecular complexity index is 480. The van der Waals surface area contributed by atoms with Crippen molar-refractivity contribution in [2.45, 2.75) is 25.8 Å². The Balaban J connectivity index is 1.37. The van der Waals surface area contributed by atoms with Crippen LogP contribution in [0, 0.1) is 5.92 Å². The van der Waals surface area contributed by atoms with Crippen LogP contribution in [0.1, 0.15) is 19.3 Å². The maximum atomic E-state index is 11.8. The molecule has 2 amide bonds. The molecule has 0 atom stereocenters. The van der Waals surface area contributed by atoms with E-state index >= 15 is 0 Å². The Labute approximate surface area is 131 Å². The van der Waals surface area contributed by atoms with Crippen molar-refractivity contribution in [1.82, 2.24) is 20.0 Å². The molecule has 7 heteroatoms. The summed E-state index contributed by atoms with van der Waals surface area (Å²) in [5, 5.41) is 10.0. The van der Waals surface area contributed by atoms with Gasteiger partial charge < -0.3 is 15.4 Å². The summed E-state index contributed by atoms with van der Waals surface area (Å²) in [5.41, 5.74) is 0.744. The van der Waals surface area contributed by atoms with Crippen molar-refractivity contribution in [2.24, 2.45) is 5.92 Å². The molecule has 1 aliphatic heterocycles. The molecule has 22 heavy (non-hydrogen) atoms. The fraction of sp³-hybridized carbons (Fsp3) is 0.733. The monoisotopic (exact) mass is 307 g/mol. The first-order chi connectivity index (χ1) is 10.8. The van der Waals surface area contributed by atoms with E-state index in [4.69, 9.17) is 4.74 Å². The molecule has 0 radical (unpaired) electrons. The SMILES string of the molecule is O=C(NCC1CCC1)Nc1cnn(CCN2CCOCC2)c1. The average molecular weight is 307 g/mol. The molecule has 7 nitrogen and oxygen atoms in total. The Morgan fingerprint density at radius 1 is 1.32 bits per heavy atom. The van der Waals surface area contributed by atoms with Gasteiger partial charge in [-0.2, -0.15) is 5.10 Å². The summed E-state index contributed by atoms with van der Waals surface area (Å²) in [6, 6.07) is -0.139. The number of morpholine rings is 1. The number of anilines is 1. The van der Waals surface area contributed by atoms with Crippen molar-refractivity contribution in [3.05, 3.63) is 12.4 Å². The Morgan fingerprint density at radius 2 is 2.14 bits per heavy atom. The number of nitrogens with one attached hydrogen (secondary N) is 2. The third kappa shape index (κ3) is 4.45. The molecule has 0 aromatic carbocycles. The van der Waals surface area contributed by atoms with Gasteiger partial charge in [-0.05, 0) is 18.8 Å². The van der Waals surface area contributed by atoms with E-state index in [-0.39, 0.29) is 6.03 Å². The maximum Gasteiger partial charge on any atom is 0.319 e. The fourth-order valence-electron chi connectivity index (χ4n) is 2.73. The van der Waals surface area contributed by atoms with Crippen molar-refractivity contribution in [1.29, 1.82) is 0 Å². The molecule has 2 heterocycles. The number of carbonyl (C=O) groups is 1. The largest absolute Gasteiger partial charge is 0.379 e. The lowest BCUT2D eigenvalue weighted by Gasteiger charge is -2.26. The summed E-state index contributed by atoms with van der Waals surface area (Å²) in [7, 11) is 0. The highest BCUT2D eigenvalue weighted by Gasteiger charge is 2.18. The predicted octanol–water partition coefficient (Wildman–Crippen LogP) is 1.14. The van der Waals surface area contributed by atoms with Gasteiger partial charge in [0.25, 0.3) is 0 Å². The number of amides is 2. The third-order valence-corrected chi connectivity index (χ3v) is 4.42. The summed E-state index contributed by atoms with van der Waals surface area (Å²) < 4.78 is 7.21. The van der Waals surface area contributed by atoms with Gasteiger partial charge in [-0.25, -0.2) is 4.79 Å². The summed E-state index contributed by atoms with van der Waals surface area (Å²) in [6.07, 6.45) is 7.34. The van der Waals surface area contributed by atoms with Crippen LogP contribution in [0.5, 0.6) is 0 Å². The number of carbonyl (C=O) groups excluding carboxylic acids is 1. The fourth-order valence-corrected chi connectivity index (χ4v) is 2.73. The predicted molar refractivity (Wildman–Crippen MR) is 83.8 cm³/mol. The van der Waals surface area contributed by atoms with Crippen LogP contribution >= 0.6 is 0 Å². The molecule has 1 saturated carbocycles. The van der Waals surface area contributed by atoms with Crippen LogP contribution in [-0.2, 0) is 11.3 Å². The van der Waals surface area contributed by atoms with E-state index in [2.05, 4.69) is 20.6 Å². The molecule has 2 N–H and O–H groups in total. The first-order valence-corrected chi connectivity index (χ1v) is 8.17. The minimum atomic E-state index is -0.139. The molecule has 1 aromatic rings.